The number of rotatable bonds is 2. The van der Waals surface area contributed by atoms with Crippen LogP contribution in [0.5, 0.6) is 0 Å². The fourth-order valence-electron chi connectivity index (χ4n) is 2.95. The number of esters is 1. The van der Waals surface area contributed by atoms with E-state index in [1.807, 2.05) is 25.7 Å². The smallest absolute Gasteiger partial charge is 0.334 e. The Morgan fingerprint density at radius 3 is 2.71 bits per heavy atom. The predicted octanol–water partition coefficient (Wildman–Crippen LogP) is 1.50. The van der Waals surface area contributed by atoms with E-state index < -0.39 is 11.1 Å². The first-order valence-corrected chi connectivity index (χ1v) is 7.81. The lowest BCUT2D eigenvalue weighted by Gasteiger charge is -2.38. The van der Waals surface area contributed by atoms with Crippen molar-refractivity contribution in [3.05, 3.63) is 16.9 Å². The number of fused-ring (bicyclic) bond motifs is 2. The van der Waals surface area contributed by atoms with Crippen LogP contribution in [-0.2, 0) is 9.53 Å². The number of piperazine rings is 1. The summed E-state index contributed by atoms with van der Waals surface area (Å²) >= 11 is 3.33. The first kappa shape index (κ1) is 14.7. The largest absolute Gasteiger partial charge is 0.458 e. The number of aromatic nitrogens is 2. The van der Waals surface area contributed by atoms with Gasteiger partial charge in [-0.2, -0.15) is 0 Å². The van der Waals surface area contributed by atoms with Gasteiger partial charge in [0.2, 0.25) is 5.95 Å². The monoisotopic (exact) mass is 354 g/mol. The Morgan fingerprint density at radius 1 is 1.48 bits per heavy atom. The highest BCUT2D eigenvalue weighted by Crippen LogP contribution is 2.38. The summed E-state index contributed by atoms with van der Waals surface area (Å²) in [6.45, 7) is 6.96. The minimum absolute atomic E-state index is 0.200. The number of anilines is 1. The van der Waals surface area contributed by atoms with E-state index in [0.29, 0.717) is 12.5 Å². The van der Waals surface area contributed by atoms with Crippen molar-refractivity contribution >= 4 is 27.8 Å². The van der Waals surface area contributed by atoms with Crippen molar-refractivity contribution < 1.29 is 9.53 Å². The van der Waals surface area contributed by atoms with Crippen LogP contribution in [0.2, 0.25) is 0 Å². The van der Waals surface area contributed by atoms with Crippen molar-refractivity contribution in [2.45, 2.75) is 44.4 Å². The molecule has 2 aliphatic rings. The summed E-state index contributed by atoms with van der Waals surface area (Å²) in [5.74, 6) is 0.377. The highest BCUT2D eigenvalue weighted by atomic mass is 79.9. The molecule has 3 rings (SSSR count). The number of nitrogens with zero attached hydrogens (tertiary/aromatic N) is 3. The van der Waals surface area contributed by atoms with Crippen molar-refractivity contribution in [1.29, 1.82) is 0 Å². The van der Waals surface area contributed by atoms with Gasteiger partial charge in [-0.1, -0.05) is 0 Å². The SMILES string of the molecule is CC(C)(C)OC(=O)[C@@]12CN[C@@H](CN1c1ncc(Br)cn1)C2. The van der Waals surface area contributed by atoms with Crippen LogP contribution >= 0.6 is 15.9 Å². The third-order valence-corrected chi connectivity index (χ3v) is 4.22. The van der Waals surface area contributed by atoms with Crippen LogP contribution in [0.15, 0.2) is 16.9 Å². The molecule has 114 valence electrons. The van der Waals surface area contributed by atoms with Crippen LogP contribution in [0, 0.1) is 0 Å². The molecule has 3 heterocycles. The molecule has 2 aliphatic heterocycles. The Balaban J connectivity index is 1.90. The van der Waals surface area contributed by atoms with E-state index in [2.05, 4.69) is 31.2 Å². The molecule has 0 saturated carbocycles. The molecule has 2 atom stereocenters. The second kappa shape index (κ2) is 4.91. The van der Waals surface area contributed by atoms with E-state index in [1.165, 1.54) is 0 Å². The number of hydrogen-bond donors (Lipinski definition) is 1. The third-order valence-electron chi connectivity index (χ3n) is 3.81. The first-order valence-electron chi connectivity index (χ1n) is 7.02. The van der Waals surface area contributed by atoms with Crippen LogP contribution in [-0.4, -0.2) is 46.2 Å². The minimum atomic E-state index is -0.689. The molecule has 0 radical (unpaired) electrons. The normalized spacial score (nSPS) is 28.0. The number of halogens is 1. The van der Waals surface area contributed by atoms with Crippen molar-refractivity contribution in [3.63, 3.8) is 0 Å². The second-order valence-corrected chi connectivity index (χ2v) is 7.54. The van der Waals surface area contributed by atoms with Crippen molar-refractivity contribution in [1.82, 2.24) is 15.3 Å². The molecule has 7 heteroatoms. The predicted molar refractivity (Wildman–Crippen MR) is 82.1 cm³/mol. The molecule has 21 heavy (non-hydrogen) atoms. The van der Waals surface area contributed by atoms with E-state index in [4.69, 9.17) is 4.74 Å². The molecule has 2 saturated heterocycles. The highest BCUT2D eigenvalue weighted by Gasteiger charge is 2.58. The van der Waals surface area contributed by atoms with E-state index in [-0.39, 0.29) is 12.0 Å². The standard InChI is InChI=1S/C14H19BrN4O2/c1-13(2,3)21-11(20)14-4-10(18-8-14)7-19(14)12-16-5-9(15)6-17-12/h5-6,10,18H,4,7-8H2,1-3H3/t10-,14-/m1/s1. The summed E-state index contributed by atoms with van der Waals surface area (Å²) in [6, 6.07) is 0.282. The molecule has 0 aromatic carbocycles. The maximum Gasteiger partial charge on any atom is 0.334 e. The summed E-state index contributed by atoms with van der Waals surface area (Å²) in [7, 11) is 0. The van der Waals surface area contributed by atoms with Gasteiger partial charge in [-0.25, -0.2) is 14.8 Å². The summed E-state index contributed by atoms with van der Waals surface area (Å²) in [5, 5.41) is 3.37. The fourth-order valence-corrected chi connectivity index (χ4v) is 3.16. The lowest BCUT2D eigenvalue weighted by atomic mass is 9.98. The molecule has 1 aromatic rings. The van der Waals surface area contributed by atoms with Crippen LogP contribution in [0.4, 0.5) is 5.95 Å². The lowest BCUT2D eigenvalue weighted by Crippen LogP contribution is -2.59. The molecule has 2 bridgehead atoms. The van der Waals surface area contributed by atoms with Gasteiger partial charge >= 0.3 is 5.97 Å². The Hall–Kier alpha value is -1.21. The van der Waals surface area contributed by atoms with Gasteiger partial charge in [-0.05, 0) is 43.1 Å². The van der Waals surface area contributed by atoms with Gasteiger partial charge in [0, 0.05) is 31.5 Å². The molecule has 1 N–H and O–H groups in total. The molecule has 0 spiro atoms. The van der Waals surface area contributed by atoms with Gasteiger partial charge in [0.15, 0.2) is 5.54 Å². The molecule has 0 aliphatic carbocycles. The van der Waals surface area contributed by atoms with Gasteiger partial charge in [0.05, 0.1) is 4.47 Å². The summed E-state index contributed by atoms with van der Waals surface area (Å²) in [5.41, 5.74) is -1.19. The van der Waals surface area contributed by atoms with Crippen LogP contribution in [0.25, 0.3) is 0 Å². The average molecular weight is 355 g/mol. The molecule has 0 amide bonds. The van der Waals surface area contributed by atoms with Crippen molar-refractivity contribution in [2.24, 2.45) is 0 Å². The number of nitrogens with one attached hydrogen (secondary N) is 1. The van der Waals surface area contributed by atoms with E-state index in [0.717, 1.165) is 17.4 Å². The van der Waals surface area contributed by atoms with Crippen LogP contribution in [0.3, 0.4) is 0 Å². The molecule has 0 unspecified atom stereocenters. The number of carbonyl (C=O) groups is 1. The highest BCUT2D eigenvalue weighted by molar-refractivity contribution is 9.10. The zero-order chi connectivity index (χ0) is 15.3. The summed E-state index contributed by atoms with van der Waals surface area (Å²) < 4.78 is 6.45. The second-order valence-electron chi connectivity index (χ2n) is 6.63. The Bertz CT molecular complexity index is 557. The van der Waals surface area contributed by atoms with Crippen molar-refractivity contribution in [2.75, 3.05) is 18.0 Å². The van der Waals surface area contributed by atoms with E-state index >= 15 is 0 Å². The van der Waals surface area contributed by atoms with Crippen molar-refractivity contribution in [3.8, 4) is 0 Å². The zero-order valence-corrected chi connectivity index (χ0v) is 14.0. The van der Waals surface area contributed by atoms with E-state index in [9.17, 15) is 4.79 Å². The van der Waals surface area contributed by atoms with E-state index in [1.54, 1.807) is 12.4 Å². The van der Waals surface area contributed by atoms with Gasteiger partial charge in [-0.3, -0.25) is 0 Å². The summed E-state index contributed by atoms with van der Waals surface area (Å²) in [4.78, 5) is 23.4. The number of ether oxygens (including phenoxy) is 1. The Kier molecular flexibility index (Phi) is 3.44. The quantitative estimate of drug-likeness (QED) is 0.811. The lowest BCUT2D eigenvalue weighted by molar-refractivity contribution is -0.160. The fraction of sp³-hybridized carbons (Fsp3) is 0.643. The topological polar surface area (TPSA) is 67.3 Å². The molecule has 1 aromatic heterocycles. The maximum absolute atomic E-state index is 12.7. The zero-order valence-electron chi connectivity index (χ0n) is 12.4. The molecular weight excluding hydrogens is 336 g/mol. The molecule has 6 nitrogen and oxygen atoms in total. The molecular formula is C14H19BrN4O2. The average Bonchev–Trinajstić information content (AvgIpc) is 2.96. The Labute approximate surface area is 132 Å². The van der Waals surface area contributed by atoms with Crippen LogP contribution < -0.4 is 10.2 Å². The number of carbonyl (C=O) groups excluding carboxylic acids is 1. The number of hydrogen-bond acceptors (Lipinski definition) is 6. The van der Waals surface area contributed by atoms with Gasteiger partial charge in [0.1, 0.15) is 5.60 Å². The minimum Gasteiger partial charge on any atom is -0.458 e. The first-order chi connectivity index (χ1) is 9.80. The van der Waals surface area contributed by atoms with Crippen LogP contribution in [0.1, 0.15) is 27.2 Å². The van der Waals surface area contributed by atoms with Gasteiger partial charge in [0.25, 0.3) is 0 Å². The summed E-state index contributed by atoms with van der Waals surface area (Å²) in [6.07, 6.45) is 4.14. The molecule has 2 fully saturated rings. The third kappa shape index (κ3) is 2.64. The Morgan fingerprint density at radius 2 is 2.14 bits per heavy atom. The maximum atomic E-state index is 12.7. The van der Waals surface area contributed by atoms with Gasteiger partial charge in [-0.15, -0.1) is 0 Å². The van der Waals surface area contributed by atoms with Gasteiger partial charge < -0.3 is 15.0 Å².